The third kappa shape index (κ3) is 2.57. The minimum atomic E-state index is 0.207. The van der Waals surface area contributed by atoms with E-state index in [-0.39, 0.29) is 6.17 Å². The van der Waals surface area contributed by atoms with Gasteiger partial charge in [-0.15, -0.1) is 0 Å². The van der Waals surface area contributed by atoms with Crippen molar-refractivity contribution in [1.29, 1.82) is 0 Å². The lowest BCUT2D eigenvalue weighted by molar-refractivity contribution is 0.450. The van der Waals surface area contributed by atoms with Crippen molar-refractivity contribution >= 4 is 23.2 Å². The maximum absolute atomic E-state index is 6.09. The van der Waals surface area contributed by atoms with E-state index >= 15 is 0 Å². The van der Waals surface area contributed by atoms with Crippen molar-refractivity contribution in [1.82, 2.24) is 10.6 Å². The number of rotatable bonds is 3. The second-order valence-corrected chi connectivity index (χ2v) is 5.84. The molecule has 20 heavy (non-hydrogen) atoms. The summed E-state index contributed by atoms with van der Waals surface area (Å²) in [6.45, 7) is 0. The van der Waals surface area contributed by atoms with E-state index in [0.29, 0.717) is 16.1 Å². The fraction of sp³-hybridized carbons (Fsp3) is 0.250. The van der Waals surface area contributed by atoms with E-state index in [2.05, 4.69) is 34.9 Å². The molecular formula is C16H16Cl2N2. The molecule has 1 heterocycles. The first-order chi connectivity index (χ1) is 9.69. The van der Waals surface area contributed by atoms with Gasteiger partial charge in [-0.1, -0.05) is 53.5 Å². The highest BCUT2D eigenvalue weighted by molar-refractivity contribution is 6.42. The van der Waals surface area contributed by atoms with Gasteiger partial charge in [-0.3, -0.25) is 5.32 Å². The molecule has 2 atom stereocenters. The maximum atomic E-state index is 6.09. The second kappa shape index (κ2) is 5.74. The summed E-state index contributed by atoms with van der Waals surface area (Å²) >= 11 is 12.1. The Balaban J connectivity index is 1.87. The second-order valence-electron chi connectivity index (χ2n) is 5.02. The quantitative estimate of drug-likeness (QED) is 0.892. The summed E-state index contributed by atoms with van der Waals surface area (Å²) in [4.78, 5) is 0. The van der Waals surface area contributed by atoms with Gasteiger partial charge < -0.3 is 5.32 Å². The Morgan fingerprint density at radius 2 is 1.80 bits per heavy atom. The Kier molecular flexibility index (Phi) is 3.99. The number of nitrogens with one attached hydrogen (secondary N) is 2. The zero-order valence-corrected chi connectivity index (χ0v) is 12.7. The summed E-state index contributed by atoms with van der Waals surface area (Å²) < 4.78 is 0. The number of benzene rings is 2. The van der Waals surface area contributed by atoms with Crippen molar-refractivity contribution in [2.45, 2.75) is 18.6 Å². The zero-order chi connectivity index (χ0) is 14.1. The molecule has 2 aromatic carbocycles. The summed E-state index contributed by atoms with van der Waals surface area (Å²) in [6, 6.07) is 14.6. The molecule has 2 aromatic rings. The van der Waals surface area contributed by atoms with Gasteiger partial charge in [-0.25, -0.2) is 0 Å². The van der Waals surface area contributed by atoms with Gasteiger partial charge in [-0.2, -0.15) is 0 Å². The Morgan fingerprint density at radius 3 is 2.50 bits per heavy atom. The number of halogens is 2. The summed E-state index contributed by atoms with van der Waals surface area (Å²) in [5.41, 5.74) is 3.85. The van der Waals surface area contributed by atoms with Crippen LogP contribution in [0.4, 0.5) is 0 Å². The maximum Gasteiger partial charge on any atom is 0.0841 e. The Labute approximate surface area is 129 Å². The number of fused-ring (bicyclic) bond motifs is 1. The van der Waals surface area contributed by atoms with Gasteiger partial charge >= 0.3 is 0 Å². The lowest BCUT2D eigenvalue weighted by Gasteiger charge is -2.15. The molecule has 104 valence electrons. The Bertz CT molecular complexity index is 628. The van der Waals surface area contributed by atoms with E-state index in [1.807, 2.05) is 25.2 Å². The lowest BCUT2D eigenvalue weighted by atomic mass is 9.98. The summed E-state index contributed by atoms with van der Waals surface area (Å²) in [5.74, 6) is 0. The van der Waals surface area contributed by atoms with Gasteiger partial charge in [0.2, 0.25) is 0 Å². The average Bonchev–Trinajstić information content (AvgIpc) is 2.81. The molecule has 0 unspecified atom stereocenters. The molecule has 4 heteroatoms. The van der Waals surface area contributed by atoms with Crippen LogP contribution in [0.15, 0.2) is 42.5 Å². The fourth-order valence-electron chi connectivity index (χ4n) is 2.78. The van der Waals surface area contributed by atoms with Crippen LogP contribution in [0.1, 0.15) is 28.9 Å². The highest BCUT2D eigenvalue weighted by atomic mass is 35.5. The zero-order valence-electron chi connectivity index (χ0n) is 11.2. The van der Waals surface area contributed by atoms with Crippen LogP contribution >= 0.6 is 23.2 Å². The molecular weight excluding hydrogens is 291 g/mol. The lowest BCUT2D eigenvalue weighted by Crippen LogP contribution is -2.28. The summed E-state index contributed by atoms with van der Waals surface area (Å²) in [5, 5.41) is 8.11. The van der Waals surface area contributed by atoms with E-state index in [1.165, 1.54) is 16.7 Å². The van der Waals surface area contributed by atoms with Crippen LogP contribution in [0.3, 0.4) is 0 Å². The minimum absolute atomic E-state index is 0.207. The van der Waals surface area contributed by atoms with Gasteiger partial charge in [0.25, 0.3) is 0 Å². The van der Waals surface area contributed by atoms with E-state index in [0.717, 1.165) is 6.42 Å². The molecule has 0 aromatic heterocycles. The van der Waals surface area contributed by atoms with Crippen LogP contribution in [-0.4, -0.2) is 7.05 Å². The molecule has 0 radical (unpaired) electrons. The number of hydrogen-bond acceptors (Lipinski definition) is 2. The summed E-state index contributed by atoms with van der Waals surface area (Å²) in [7, 11) is 1.97. The Hall–Kier alpha value is -1.06. The van der Waals surface area contributed by atoms with Crippen LogP contribution in [-0.2, 0) is 6.42 Å². The van der Waals surface area contributed by atoms with Crippen LogP contribution in [0.2, 0.25) is 10.0 Å². The molecule has 0 fully saturated rings. The predicted octanol–water partition coefficient (Wildman–Crippen LogP) is 4.10. The van der Waals surface area contributed by atoms with Crippen LogP contribution in [0.5, 0.6) is 0 Å². The van der Waals surface area contributed by atoms with Crippen molar-refractivity contribution in [3.8, 4) is 0 Å². The third-order valence-corrected chi connectivity index (χ3v) is 4.50. The number of hydrogen-bond donors (Lipinski definition) is 2. The fourth-order valence-corrected chi connectivity index (χ4v) is 3.10. The first-order valence-electron chi connectivity index (χ1n) is 6.65. The monoisotopic (exact) mass is 306 g/mol. The van der Waals surface area contributed by atoms with Crippen molar-refractivity contribution in [2.75, 3.05) is 7.05 Å². The smallest absolute Gasteiger partial charge is 0.0841 e. The highest BCUT2D eigenvalue weighted by Crippen LogP contribution is 2.34. The first kappa shape index (κ1) is 13.9. The SMILES string of the molecule is CN[C@H]1N[C@@H](Cc2ccc(Cl)c(Cl)c2)c2ccccc21. The van der Waals surface area contributed by atoms with Gasteiger partial charge in [-0.05, 0) is 42.3 Å². The molecule has 0 spiro atoms. The normalized spacial score (nSPS) is 20.9. The summed E-state index contributed by atoms with van der Waals surface area (Å²) in [6.07, 6.45) is 1.10. The third-order valence-electron chi connectivity index (χ3n) is 3.76. The molecule has 3 rings (SSSR count). The van der Waals surface area contributed by atoms with Crippen LogP contribution in [0.25, 0.3) is 0 Å². The van der Waals surface area contributed by atoms with E-state index in [9.17, 15) is 0 Å². The highest BCUT2D eigenvalue weighted by Gasteiger charge is 2.28. The van der Waals surface area contributed by atoms with E-state index < -0.39 is 0 Å². The molecule has 0 saturated heterocycles. The standard InChI is InChI=1S/C16H16Cl2N2/c1-19-16-12-5-3-2-4-11(12)15(20-16)9-10-6-7-13(17)14(18)8-10/h2-8,15-16,19-20H,9H2,1H3/t15-,16-/m0/s1. The van der Waals surface area contributed by atoms with Gasteiger partial charge in [0.15, 0.2) is 0 Å². The molecule has 0 bridgehead atoms. The molecule has 1 aliphatic heterocycles. The van der Waals surface area contributed by atoms with E-state index in [1.54, 1.807) is 0 Å². The van der Waals surface area contributed by atoms with Gasteiger partial charge in [0, 0.05) is 6.04 Å². The van der Waals surface area contributed by atoms with Crippen molar-refractivity contribution in [2.24, 2.45) is 0 Å². The predicted molar refractivity (Wildman–Crippen MR) is 84.3 cm³/mol. The topological polar surface area (TPSA) is 24.1 Å². The van der Waals surface area contributed by atoms with Gasteiger partial charge in [0.1, 0.15) is 0 Å². The van der Waals surface area contributed by atoms with Gasteiger partial charge in [0.05, 0.1) is 16.2 Å². The molecule has 2 nitrogen and oxygen atoms in total. The van der Waals surface area contributed by atoms with Crippen molar-refractivity contribution in [3.63, 3.8) is 0 Å². The molecule has 2 N–H and O–H groups in total. The molecule has 0 saturated carbocycles. The van der Waals surface area contributed by atoms with Crippen LogP contribution in [0, 0.1) is 0 Å². The van der Waals surface area contributed by atoms with Crippen molar-refractivity contribution < 1.29 is 0 Å². The molecule has 0 amide bonds. The molecule has 0 aliphatic carbocycles. The average molecular weight is 307 g/mol. The first-order valence-corrected chi connectivity index (χ1v) is 7.40. The largest absolute Gasteiger partial charge is 0.301 e. The van der Waals surface area contributed by atoms with E-state index in [4.69, 9.17) is 23.2 Å². The molecule has 1 aliphatic rings. The Morgan fingerprint density at radius 1 is 1.05 bits per heavy atom. The minimum Gasteiger partial charge on any atom is -0.301 e. The van der Waals surface area contributed by atoms with Crippen LogP contribution < -0.4 is 10.6 Å². The van der Waals surface area contributed by atoms with Crippen molar-refractivity contribution in [3.05, 3.63) is 69.2 Å².